The minimum absolute atomic E-state index is 0. The van der Waals surface area contributed by atoms with Crippen LogP contribution in [0.4, 0.5) is 5.82 Å². The maximum absolute atomic E-state index is 5.49. The van der Waals surface area contributed by atoms with E-state index in [1.54, 1.807) is 0 Å². The molecule has 7 nitrogen and oxygen atoms in total. The highest BCUT2D eigenvalue weighted by Crippen LogP contribution is 2.19. The van der Waals surface area contributed by atoms with Gasteiger partial charge >= 0.3 is 0 Å². The van der Waals surface area contributed by atoms with Crippen molar-refractivity contribution in [1.29, 1.82) is 0 Å². The Morgan fingerprint density at radius 3 is 2.55 bits per heavy atom. The van der Waals surface area contributed by atoms with Crippen molar-refractivity contribution in [2.24, 2.45) is 4.99 Å². The Bertz CT molecular complexity index is 881. The van der Waals surface area contributed by atoms with Gasteiger partial charge in [-0.15, -0.1) is 24.0 Å². The molecule has 33 heavy (non-hydrogen) atoms. The number of rotatable bonds is 8. The molecule has 8 heteroatoms. The number of aromatic nitrogens is 1. The summed E-state index contributed by atoms with van der Waals surface area (Å²) >= 11 is 0. The Labute approximate surface area is 215 Å². The predicted octanol–water partition coefficient (Wildman–Crippen LogP) is 3.39. The van der Waals surface area contributed by atoms with E-state index in [9.17, 15) is 0 Å². The van der Waals surface area contributed by atoms with Gasteiger partial charge in [0.2, 0.25) is 0 Å². The Hall–Kier alpha value is -1.91. The Morgan fingerprint density at radius 1 is 1.03 bits per heavy atom. The van der Waals surface area contributed by atoms with Crippen molar-refractivity contribution < 1.29 is 4.74 Å². The molecule has 2 aliphatic heterocycles. The lowest BCUT2D eigenvalue weighted by Gasteiger charge is -2.27. The maximum atomic E-state index is 5.49. The van der Waals surface area contributed by atoms with E-state index in [2.05, 4.69) is 68.7 Å². The molecule has 0 spiro atoms. The van der Waals surface area contributed by atoms with Gasteiger partial charge in [-0.1, -0.05) is 24.3 Å². The summed E-state index contributed by atoms with van der Waals surface area (Å²) in [4.78, 5) is 14.2. The number of pyridine rings is 1. The minimum atomic E-state index is 0. The van der Waals surface area contributed by atoms with Crippen LogP contribution < -0.4 is 15.5 Å². The number of halogens is 1. The number of benzene rings is 1. The van der Waals surface area contributed by atoms with E-state index in [1.165, 1.54) is 29.5 Å². The van der Waals surface area contributed by atoms with E-state index in [0.29, 0.717) is 6.54 Å². The van der Waals surface area contributed by atoms with Crippen LogP contribution in [-0.4, -0.2) is 61.8 Å². The zero-order chi connectivity index (χ0) is 22.0. The Morgan fingerprint density at radius 2 is 1.79 bits per heavy atom. The molecule has 0 saturated carbocycles. The molecule has 1 aromatic heterocycles. The van der Waals surface area contributed by atoms with Crippen LogP contribution >= 0.6 is 24.0 Å². The first kappa shape index (κ1) is 25.7. The van der Waals surface area contributed by atoms with Crippen molar-refractivity contribution in [3.63, 3.8) is 0 Å². The van der Waals surface area contributed by atoms with Gasteiger partial charge in [-0.2, -0.15) is 0 Å². The fourth-order valence-corrected chi connectivity index (χ4v) is 4.25. The molecule has 0 amide bonds. The van der Waals surface area contributed by atoms with Crippen molar-refractivity contribution in [2.75, 3.05) is 50.8 Å². The molecular weight excluding hydrogens is 527 g/mol. The van der Waals surface area contributed by atoms with E-state index in [-0.39, 0.29) is 24.0 Å². The summed E-state index contributed by atoms with van der Waals surface area (Å²) in [7, 11) is 0. The van der Waals surface area contributed by atoms with Gasteiger partial charge in [0.1, 0.15) is 5.82 Å². The van der Waals surface area contributed by atoms with E-state index >= 15 is 0 Å². The second-order valence-electron chi connectivity index (χ2n) is 8.42. The van der Waals surface area contributed by atoms with Crippen molar-refractivity contribution in [3.8, 4) is 0 Å². The molecule has 1 aromatic carbocycles. The van der Waals surface area contributed by atoms with Gasteiger partial charge in [0.25, 0.3) is 0 Å². The zero-order valence-corrected chi connectivity index (χ0v) is 22.0. The molecule has 2 aromatic rings. The third-order valence-electron chi connectivity index (χ3n) is 6.07. The molecule has 2 N–H and O–H groups in total. The molecule has 0 aliphatic carbocycles. The van der Waals surface area contributed by atoms with Crippen LogP contribution in [0.2, 0.25) is 0 Å². The molecule has 2 fully saturated rings. The predicted molar refractivity (Wildman–Crippen MR) is 145 cm³/mol. The lowest BCUT2D eigenvalue weighted by atomic mass is 10.1. The van der Waals surface area contributed by atoms with Crippen molar-refractivity contribution >= 4 is 35.8 Å². The molecule has 3 heterocycles. The monoisotopic (exact) mass is 564 g/mol. The summed E-state index contributed by atoms with van der Waals surface area (Å²) in [5, 5.41) is 6.90. The summed E-state index contributed by atoms with van der Waals surface area (Å²) in [6.07, 6.45) is 4.41. The van der Waals surface area contributed by atoms with Gasteiger partial charge in [0.15, 0.2) is 5.96 Å². The van der Waals surface area contributed by atoms with Crippen molar-refractivity contribution in [2.45, 2.75) is 39.4 Å². The smallest absolute Gasteiger partial charge is 0.191 e. The number of hydrogen-bond acceptors (Lipinski definition) is 5. The average Bonchev–Trinajstić information content (AvgIpc) is 3.38. The minimum Gasteiger partial charge on any atom is -0.379 e. The topological polar surface area (TPSA) is 65.0 Å². The van der Waals surface area contributed by atoms with Gasteiger partial charge in [-0.05, 0) is 48.6 Å². The third kappa shape index (κ3) is 7.82. The van der Waals surface area contributed by atoms with Gasteiger partial charge in [-0.3, -0.25) is 4.90 Å². The second-order valence-corrected chi connectivity index (χ2v) is 8.42. The van der Waals surface area contributed by atoms with E-state index in [4.69, 9.17) is 9.73 Å². The lowest BCUT2D eigenvalue weighted by molar-refractivity contribution is 0.0341. The quantitative estimate of drug-likeness (QED) is 0.291. The maximum Gasteiger partial charge on any atom is 0.191 e. The number of guanidine groups is 1. The van der Waals surface area contributed by atoms with Crippen LogP contribution in [-0.2, 0) is 24.4 Å². The molecule has 0 bridgehead atoms. The largest absolute Gasteiger partial charge is 0.379 e. The summed E-state index contributed by atoms with van der Waals surface area (Å²) in [5.41, 5.74) is 3.86. The number of ether oxygens (including phenoxy) is 1. The number of hydrogen-bond donors (Lipinski definition) is 2. The number of anilines is 1. The molecule has 0 radical (unpaired) electrons. The SMILES string of the molecule is CCNC(=NCc1ccnc(N2CCCC2)c1)NCc1ccccc1CN1CCOCC1.I. The first-order chi connectivity index (χ1) is 15.8. The Balaban J connectivity index is 0.00000306. The number of aliphatic imine (C=N–C) groups is 1. The van der Waals surface area contributed by atoms with Crippen molar-refractivity contribution in [3.05, 3.63) is 59.3 Å². The molecule has 0 atom stereocenters. The molecule has 0 unspecified atom stereocenters. The van der Waals surface area contributed by atoms with E-state index in [1.807, 2.05) is 6.20 Å². The summed E-state index contributed by atoms with van der Waals surface area (Å²) in [6.45, 7) is 11.1. The lowest BCUT2D eigenvalue weighted by Crippen LogP contribution is -2.38. The third-order valence-corrected chi connectivity index (χ3v) is 6.07. The van der Waals surface area contributed by atoms with Crippen LogP contribution in [0.15, 0.2) is 47.6 Å². The van der Waals surface area contributed by atoms with Crippen LogP contribution in [0, 0.1) is 0 Å². The van der Waals surface area contributed by atoms with E-state index in [0.717, 1.165) is 70.8 Å². The first-order valence-corrected chi connectivity index (χ1v) is 11.9. The van der Waals surface area contributed by atoms with Crippen LogP contribution in [0.1, 0.15) is 36.5 Å². The zero-order valence-electron chi connectivity index (χ0n) is 19.6. The summed E-state index contributed by atoms with van der Waals surface area (Å²) < 4.78 is 5.49. The molecular formula is C25H37IN6O. The van der Waals surface area contributed by atoms with Crippen LogP contribution in [0.25, 0.3) is 0 Å². The fraction of sp³-hybridized carbons (Fsp3) is 0.520. The standard InChI is InChI=1S/C25H36N6O.HI/c1-2-26-25(28-18-21-9-10-27-24(17-21)31-11-5-6-12-31)29-19-22-7-3-4-8-23(22)20-30-13-15-32-16-14-30;/h3-4,7-10,17H,2,5-6,11-16,18-20H2,1H3,(H2,26,28,29);1H. The average molecular weight is 565 g/mol. The Kier molecular flexibility index (Phi) is 10.7. The number of nitrogens with one attached hydrogen (secondary N) is 2. The summed E-state index contributed by atoms with van der Waals surface area (Å²) in [6, 6.07) is 12.9. The van der Waals surface area contributed by atoms with Gasteiger partial charge in [-0.25, -0.2) is 9.98 Å². The van der Waals surface area contributed by atoms with Gasteiger partial charge in [0, 0.05) is 52.0 Å². The second kappa shape index (κ2) is 13.7. The molecule has 4 rings (SSSR count). The number of morpholine rings is 1. The molecule has 2 saturated heterocycles. The summed E-state index contributed by atoms with van der Waals surface area (Å²) in [5.74, 6) is 1.92. The van der Waals surface area contributed by atoms with Crippen LogP contribution in [0.5, 0.6) is 0 Å². The molecule has 180 valence electrons. The van der Waals surface area contributed by atoms with Gasteiger partial charge < -0.3 is 20.3 Å². The van der Waals surface area contributed by atoms with Crippen LogP contribution in [0.3, 0.4) is 0 Å². The highest BCUT2D eigenvalue weighted by Gasteiger charge is 2.14. The fourth-order valence-electron chi connectivity index (χ4n) is 4.25. The molecule has 2 aliphatic rings. The highest BCUT2D eigenvalue weighted by atomic mass is 127. The van der Waals surface area contributed by atoms with Gasteiger partial charge in [0.05, 0.1) is 19.8 Å². The van der Waals surface area contributed by atoms with E-state index < -0.39 is 0 Å². The normalized spacial score (nSPS) is 17.0. The first-order valence-electron chi connectivity index (χ1n) is 11.9. The van der Waals surface area contributed by atoms with Crippen molar-refractivity contribution in [1.82, 2.24) is 20.5 Å². The highest BCUT2D eigenvalue weighted by molar-refractivity contribution is 14.0. The number of nitrogens with zero attached hydrogens (tertiary/aromatic N) is 4.